The first-order valence-corrected chi connectivity index (χ1v) is 6.85. The molecule has 0 aromatic rings. The van der Waals surface area contributed by atoms with E-state index in [4.69, 9.17) is 9.47 Å². The van der Waals surface area contributed by atoms with E-state index in [1.165, 1.54) is 7.11 Å². The summed E-state index contributed by atoms with van der Waals surface area (Å²) in [4.78, 5) is 34.1. The lowest BCUT2D eigenvalue weighted by atomic mass is 10.1. The lowest BCUT2D eigenvalue weighted by molar-refractivity contribution is -0.163. The molecule has 1 aliphatic carbocycles. The minimum absolute atomic E-state index is 0.0777. The average Bonchev–Trinajstić information content (AvgIpc) is 3.12. The van der Waals surface area contributed by atoms with Gasteiger partial charge in [0.15, 0.2) is 0 Å². The molecule has 0 amide bonds. The maximum absolute atomic E-state index is 11.7. The zero-order chi connectivity index (χ0) is 15.1. The highest BCUT2D eigenvalue weighted by Crippen LogP contribution is 2.38. The molecule has 0 aromatic carbocycles. The summed E-state index contributed by atoms with van der Waals surface area (Å²) in [6, 6.07) is 0. The van der Waals surface area contributed by atoms with E-state index in [1.807, 2.05) is 6.92 Å². The third-order valence-electron chi connectivity index (χ3n) is 3.32. The fraction of sp³-hybridized carbons (Fsp3) is 0.786. The van der Waals surface area contributed by atoms with Gasteiger partial charge in [0, 0.05) is 7.11 Å². The van der Waals surface area contributed by atoms with Crippen LogP contribution in [0.5, 0.6) is 0 Å². The highest BCUT2D eigenvalue weighted by molar-refractivity contribution is 5.89. The number of hydrogen-bond acceptors (Lipinski definition) is 6. The predicted molar refractivity (Wildman–Crippen MR) is 69.6 cm³/mol. The Morgan fingerprint density at radius 2 is 1.95 bits per heavy atom. The lowest BCUT2D eigenvalue weighted by Gasteiger charge is -2.10. The maximum Gasteiger partial charge on any atom is 0.332 e. The Morgan fingerprint density at radius 1 is 1.30 bits per heavy atom. The molecule has 0 saturated heterocycles. The summed E-state index contributed by atoms with van der Waals surface area (Å²) < 4.78 is 14.3. The first-order valence-electron chi connectivity index (χ1n) is 6.85. The topological polar surface area (TPSA) is 78.9 Å². The third kappa shape index (κ3) is 5.69. The summed E-state index contributed by atoms with van der Waals surface area (Å²) in [6.07, 6.45) is 1.85. The van der Waals surface area contributed by atoms with Crippen LogP contribution in [0.2, 0.25) is 0 Å². The lowest BCUT2D eigenvalue weighted by Crippen LogP contribution is -2.21. The smallest absolute Gasteiger partial charge is 0.332 e. The van der Waals surface area contributed by atoms with E-state index in [0.717, 1.165) is 6.42 Å². The van der Waals surface area contributed by atoms with Gasteiger partial charge in [0.05, 0.1) is 18.4 Å². The normalized spacial score (nSPS) is 21.9. The van der Waals surface area contributed by atoms with Crippen LogP contribution in [-0.2, 0) is 28.6 Å². The van der Waals surface area contributed by atoms with E-state index >= 15 is 0 Å². The molecule has 6 heteroatoms. The standard InChI is InChI=1S/C14H22O6/c1-9(5-4-6-19-12(15)8-18-3)13(16)20-14(17)11-7-10(11)2/h9-11H,4-8H2,1-3H3. The monoisotopic (exact) mass is 286 g/mol. The van der Waals surface area contributed by atoms with Crippen LogP contribution >= 0.6 is 0 Å². The number of carbonyl (C=O) groups is 3. The molecule has 0 aliphatic heterocycles. The Hall–Kier alpha value is -1.43. The van der Waals surface area contributed by atoms with Gasteiger partial charge < -0.3 is 14.2 Å². The molecule has 0 spiro atoms. The van der Waals surface area contributed by atoms with E-state index in [1.54, 1.807) is 6.92 Å². The molecule has 0 bridgehead atoms. The van der Waals surface area contributed by atoms with Crippen LogP contribution in [0, 0.1) is 17.8 Å². The SMILES string of the molecule is COCC(=O)OCCCC(C)C(=O)OC(=O)C1CC1C. The van der Waals surface area contributed by atoms with Crippen molar-refractivity contribution in [3.8, 4) is 0 Å². The van der Waals surface area contributed by atoms with Gasteiger partial charge in [0.25, 0.3) is 0 Å². The predicted octanol–water partition coefficient (Wildman–Crippen LogP) is 1.32. The van der Waals surface area contributed by atoms with Gasteiger partial charge in [0.1, 0.15) is 6.61 Å². The van der Waals surface area contributed by atoms with E-state index in [0.29, 0.717) is 18.8 Å². The third-order valence-corrected chi connectivity index (χ3v) is 3.32. The second-order valence-corrected chi connectivity index (χ2v) is 5.26. The number of esters is 3. The van der Waals surface area contributed by atoms with Crippen LogP contribution in [-0.4, -0.2) is 38.2 Å². The fourth-order valence-corrected chi connectivity index (χ4v) is 1.78. The maximum atomic E-state index is 11.7. The summed E-state index contributed by atoms with van der Waals surface area (Å²) in [5, 5.41) is 0. The summed E-state index contributed by atoms with van der Waals surface area (Å²) in [5.41, 5.74) is 0. The Balaban J connectivity index is 2.12. The van der Waals surface area contributed by atoms with Crippen molar-refractivity contribution in [2.45, 2.75) is 33.1 Å². The minimum atomic E-state index is -0.502. The molecule has 20 heavy (non-hydrogen) atoms. The second kappa shape index (κ2) is 7.99. The number of ether oxygens (including phenoxy) is 3. The number of methoxy groups -OCH3 is 1. The number of carbonyl (C=O) groups excluding carboxylic acids is 3. The van der Waals surface area contributed by atoms with Crippen molar-refractivity contribution < 1.29 is 28.6 Å². The molecule has 3 atom stereocenters. The highest BCUT2D eigenvalue weighted by atomic mass is 16.6. The largest absolute Gasteiger partial charge is 0.464 e. The number of hydrogen-bond donors (Lipinski definition) is 0. The number of rotatable bonds is 8. The summed E-state index contributed by atoms with van der Waals surface area (Å²) in [6.45, 7) is 3.80. The Kier molecular flexibility index (Phi) is 6.64. The molecule has 6 nitrogen and oxygen atoms in total. The molecule has 0 heterocycles. The van der Waals surface area contributed by atoms with Gasteiger partial charge >= 0.3 is 17.9 Å². The molecule has 0 N–H and O–H groups in total. The average molecular weight is 286 g/mol. The van der Waals surface area contributed by atoms with Gasteiger partial charge in [0.2, 0.25) is 0 Å². The molecule has 1 fully saturated rings. The van der Waals surface area contributed by atoms with E-state index < -0.39 is 17.9 Å². The summed E-state index contributed by atoms with van der Waals surface area (Å²) in [7, 11) is 1.41. The van der Waals surface area contributed by atoms with Crippen molar-refractivity contribution >= 4 is 17.9 Å². The molecule has 114 valence electrons. The minimum Gasteiger partial charge on any atom is -0.464 e. The van der Waals surface area contributed by atoms with Gasteiger partial charge in [-0.05, 0) is 25.2 Å². The Bertz CT molecular complexity index is 365. The van der Waals surface area contributed by atoms with Crippen molar-refractivity contribution in [1.82, 2.24) is 0 Å². The Labute approximate surface area is 118 Å². The van der Waals surface area contributed by atoms with E-state index in [2.05, 4.69) is 4.74 Å². The fourth-order valence-electron chi connectivity index (χ4n) is 1.78. The van der Waals surface area contributed by atoms with Gasteiger partial charge in [-0.3, -0.25) is 9.59 Å². The first-order chi connectivity index (χ1) is 9.45. The molecular formula is C14H22O6. The van der Waals surface area contributed by atoms with E-state index in [9.17, 15) is 14.4 Å². The van der Waals surface area contributed by atoms with Gasteiger partial charge in [-0.25, -0.2) is 4.79 Å². The van der Waals surface area contributed by atoms with E-state index in [-0.39, 0.29) is 25.0 Å². The second-order valence-electron chi connectivity index (χ2n) is 5.26. The van der Waals surface area contributed by atoms with Crippen molar-refractivity contribution in [1.29, 1.82) is 0 Å². The van der Waals surface area contributed by atoms with Gasteiger partial charge in [-0.15, -0.1) is 0 Å². The van der Waals surface area contributed by atoms with Crippen LogP contribution in [0.4, 0.5) is 0 Å². The van der Waals surface area contributed by atoms with Crippen LogP contribution in [0.3, 0.4) is 0 Å². The highest BCUT2D eigenvalue weighted by Gasteiger charge is 2.41. The zero-order valence-corrected chi connectivity index (χ0v) is 12.2. The summed E-state index contributed by atoms with van der Waals surface area (Å²) >= 11 is 0. The Morgan fingerprint density at radius 3 is 2.50 bits per heavy atom. The molecule has 0 radical (unpaired) electrons. The molecule has 1 rings (SSSR count). The zero-order valence-electron chi connectivity index (χ0n) is 12.2. The van der Waals surface area contributed by atoms with Crippen LogP contribution in [0.15, 0.2) is 0 Å². The first kappa shape index (κ1) is 16.6. The molecular weight excluding hydrogens is 264 g/mol. The van der Waals surface area contributed by atoms with Crippen molar-refractivity contribution in [2.75, 3.05) is 20.3 Å². The van der Waals surface area contributed by atoms with Crippen LogP contribution in [0.25, 0.3) is 0 Å². The van der Waals surface area contributed by atoms with Crippen molar-refractivity contribution in [3.63, 3.8) is 0 Å². The quantitative estimate of drug-likeness (QED) is 0.380. The van der Waals surface area contributed by atoms with Crippen molar-refractivity contribution in [3.05, 3.63) is 0 Å². The summed E-state index contributed by atoms with van der Waals surface area (Å²) in [5.74, 6) is -1.51. The molecule has 1 aliphatic rings. The van der Waals surface area contributed by atoms with Gasteiger partial charge in [-0.2, -0.15) is 0 Å². The molecule has 1 saturated carbocycles. The van der Waals surface area contributed by atoms with Crippen molar-refractivity contribution in [2.24, 2.45) is 17.8 Å². The molecule has 0 aromatic heterocycles. The van der Waals surface area contributed by atoms with Gasteiger partial charge in [-0.1, -0.05) is 13.8 Å². The van der Waals surface area contributed by atoms with Crippen LogP contribution < -0.4 is 0 Å². The molecule has 3 unspecified atom stereocenters. The van der Waals surface area contributed by atoms with Crippen LogP contribution in [0.1, 0.15) is 33.1 Å².